The Balaban J connectivity index is 0.000000469. The van der Waals surface area contributed by atoms with Gasteiger partial charge in [0.05, 0.1) is 7.11 Å². The minimum Gasteiger partial charge on any atom is -0.508 e. The molecule has 30 heavy (non-hydrogen) atoms. The zero-order chi connectivity index (χ0) is 22.1. The van der Waals surface area contributed by atoms with E-state index in [4.69, 9.17) is 36.1 Å². The van der Waals surface area contributed by atoms with Gasteiger partial charge in [-0.25, -0.2) is 9.59 Å². The second-order valence-electron chi connectivity index (χ2n) is 6.75. The van der Waals surface area contributed by atoms with E-state index >= 15 is 0 Å². The number of benzene rings is 2. The number of piperazine rings is 1. The van der Waals surface area contributed by atoms with E-state index in [9.17, 15) is 5.11 Å². The summed E-state index contributed by atoms with van der Waals surface area (Å²) in [4.78, 5) is 23.0. The second-order valence-corrected chi connectivity index (χ2v) is 7.16. The first-order valence-electron chi connectivity index (χ1n) is 9.30. The van der Waals surface area contributed by atoms with E-state index < -0.39 is 11.9 Å². The molecule has 1 heterocycles. The molecule has 2 aromatic carbocycles. The molecular formula is C21H25ClN2O6. The van der Waals surface area contributed by atoms with Crippen molar-refractivity contribution in [1.29, 1.82) is 0 Å². The number of hydrogen-bond acceptors (Lipinski definition) is 6. The Morgan fingerprint density at radius 3 is 1.97 bits per heavy atom. The molecule has 0 radical (unpaired) electrons. The zero-order valence-corrected chi connectivity index (χ0v) is 17.4. The Kier molecular flexibility index (Phi) is 8.91. The summed E-state index contributed by atoms with van der Waals surface area (Å²) in [5.74, 6) is -2.54. The quantitative estimate of drug-likeness (QED) is 0.613. The number of nitrogens with zero attached hydrogens (tertiary/aromatic N) is 2. The summed E-state index contributed by atoms with van der Waals surface area (Å²) in [7, 11) is 1.64. The van der Waals surface area contributed by atoms with Gasteiger partial charge in [0, 0.05) is 49.9 Å². The topological polar surface area (TPSA) is 111 Å². The van der Waals surface area contributed by atoms with Crippen molar-refractivity contribution in [1.82, 2.24) is 9.80 Å². The molecule has 1 fully saturated rings. The second kappa shape index (κ2) is 11.4. The van der Waals surface area contributed by atoms with Crippen molar-refractivity contribution >= 4 is 23.5 Å². The number of halogens is 1. The van der Waals surface area contributed by atoms with Gasteiger partial charge in [-0.3, -0.25) is 9.80 Å². The van der Waals surface area contributed by atoms with Gasteiger partial charge in [-0.05, 0) is 29.8 Å². The molecule has 0 amide bonds. The van der Waals surface area contributed by atoms with Gasteiger partial charge in [0.2, 0.25) is 0 Å². The lowest BCUT2D eigenvalue weighted by molar-refractivity contribution is -0.159. The van der Waals surface area contributed by atoms with E-state index in [1.54, 1.807) is 19.2 Å². The maximum Gasteiger partial charge on any atom is 0.414 e. The third-order valence-electron chi connectivity index (χ3n) is 4.68. The SMILES string of the molecule is COc1ccc(O)c(CN2CCN(Cc3ccccc3Cl)CC2)c1.O=C(O)C(=O)O. The van der Waals surface area contributed by atoms with Crippen molar-refractivity contribution in [3.05, 3.63) is 58.6 Å². The minimum atomic E-state index is -1.82. The highest BCUT2D eigenvalue weighted by molar-refractivity contribution is 6.31. The summed E-state index contributed by atoms with van der Waals surface area (Å²) in [6, 6.07) is 13.4. The molecule has 0 unspecified atom stereocenters. The smallest absolute Gasteiger partial charge is 0.414 e. The number of ether oxygens (including phenoxy) is 1. The third kappa shape index (κ3) is 7.22. The Hall–Kier alpha value is -2.81. The largest absolute Gasteiger partial charge is 0.508 e. The lowest BCUT2D eigenvalue weighted by Crippen LogP contribution is -2.45. The summed E-state index contributed by atoms with van der Waals surface area (Å²) >= 11 is 6.25. The highest BCUT2D eigenvalue weighted by Gasteiger charge is 2.19. The van der Waals surface area contributed by atoms with Gasteiger partial charge in [0.1, 0.15) is 11.5 Å². The summed E-state index contributed by atoms with van der Waals surface area (Å²) in [5.41, 5.74) is 2.09. The Labute approximate surface area is 179 Å². The lowest BCUT2D eigenvalue weighted by atomic mass is 10.1. The predicted molar refractivity (Wildman–Crippen MR) is 112 cm³/mol. The van der Waals surface area contributed by atoms with Crippen molar-refractivity contribution in [2.24, 2.45) is 0 Å². The van der Waals surface area contributed by atoms with Gasteiger partial charge in [0.15, 0.2) is 0 Å². The van der Waals surface area contributed by atoms with Crippen LogP contribution in [0.3, 0.4) is 0 Å². The van der Waals surface area contributed by atoms with E-state index in [1.165, 1.54) is 5.56 Å². The number of carboxylic acid groups (broad SMARTS) is 2. The maximum absolute atomic E-state index is 10.0. The lowest BCUT2D eigenvalue weighted by Gasteiger charge is -2.35. The molecule has 0 aromatic heterocycles. The minimum absolute atomic E-state index is 0.328. The fourth-order valence-electron chi connectivity index (χ4n) is 3.03. The number of phenolic OH excluding ortho intramolecular Hbond substituents is 1. The summed E-state index contributed by atoms with van der Waals surface area (Å²) < 4.78 is 5.24. The number of aromatic hydroxyl groups is 1. The average Bonchev–Trinajstić information content (AvgIpc) is 2.73. The predicted octanol–water partition coefficient (Wildman–Crippen LogP) is 2.53. The Bertz CT molecular complexity index is 856. The van der Waals surface area contributed by atoms with Gasteiger partial charge in [0.25, 0.3) is 0 Å². The van der Waals surface area contributed by atoms with Gasteiger partial charge >= 0.3 is 11.9 Å². The van der Waals surface area contributed by atoms with E-state index in [-0.39, 0.29) is 0 Å². The molecule has 8 nitrogen and oxygen atoms in total. The molecule has 162 valence electrons. The molecule has 1 aliphatic heterocycles. The van der Waals surface area contributed by atoms with Crippen molar-refractivity contribution < 1.29 is 29.6 Å². The van der Waals surface area contributed by atoms with Crippen LogP contribution in [-0.2, 0) is 22.7 Å². The van der Waals surface area contributed by atoms with Gasteiger partial charge in [-0.1, -0.05) is 29.8 Å². The summed E-state index contributed by atoms with van der Waals surface area (Å²) in [6.07, 6.45) is 0. The maximum atomic E-state index is 10.0. The summed E-state index contributed by atoms with van der Waals surface area (Å²) in [6.45, 7) is 5.56. The zero-order valence-electron chi connectivity index (χ0n) is 16.6. The number of rotatable bonds is 5. The van der Waals surface area contributed by atoms with Crippen LogP contribution in [-0.4, -0.2) is 70.3 Å². The average molecular weight is 437 g/mol. The van der Waals surface area contributed by atoms with Crippen molar-refractivity contribution in [3.8, 4) is 11.5 Å². The van der Waals surface area contributed by atoms with Crippen LogP contribution < -0.4 is 4.74 Å². The van der Waals surface area contributed by atoms with Crippen LogP contribution in [0.1, 0.15) is 11.1 Å². The Morgan fingerprint density at radius 1 is 0.933 bits per heavy atom. The molecule has 0 aliphatic carbocycles. The molecule has 9 heteroatoms. The van der Waals surface area contributed by atoms with Crippen LogP contribution in [0.15, 0.2) is 42.5 Å². The number of hydrogen-bond donors (Lipinski definition) is 3. The number of methoxy groups -OCH3 is 1. The molecule has 2 aromatic rings. The van der Waals surface area contributed by atoms with Crippen LogP contribution in [0.2, 0.25) is 5.02 Å². The third-order valence-corrected chi connectivity index (χ3v) is 5.05. The van der Waals surface area contributed by atoms with Crippen LogP contribution in [0, 0.1) is 0 Å². The molecule has 0 spiro atoms. The van der Waals surface area contributed by atoms with Gasteiger partial charge < -0.3 is 20.1 Å². The standard InChI is InChI=1S/C19H23ClN2O2.C2H2O4/c1-24-17-6-7-19(23)16(12-17)14-22-10-8-21(9-11-22)13-15-4-2-3-5-18(15)20;3-1(4)2(5)6/h2-7,12,23H,8-11,13-14H2,1H3;(H,3,4)(H,5,6). The van der Waals surface area contributed by atoms with Crippen molar-refractivity contribution in [2.75, 3.05) is 33.3 Å². The first-order valence-corrected chi connectivity index (χ1v) is 9.68. The molecule has 0 bridgehead atoms. The van der Waals surface area contributed by atoms with Crippen molar-refractivity contribution in [3.63, 3.8) is 0 Å². The van der Waals surface area contributed by atoms with E-state index in [0.29, 0.717) is 5.75 Å². The van der Waals surface area contributed by atoms with Gasteiger partial charge in [-0.2, -0.15) is 0 Å². The highest BCUT2D eigenvalue weighted by atomic mass is 35.5. The molecule has 3 rings (SSSR count). The van der Waals surface area contributed by atoms with Gasteiger partial charge in [-0.15, -0.1) is 0 Å². The first kappa shape index (κ1) is 23.5. The molecule has 0 saturated carbocycles. The number of phenols is 1. The highest BCUT2D eigenvalue weighted by Crippen LogP contribution is 2.25. The van der Waals surface area contributed by atoms with Crippen LogP contribution in [0.4, 0.5) is 0 Å². The first-order chi connectivity index (χ1) is 14.3. The van der Waals surface area contributed by atoms with E-state index in [1.807, 2.05) is 24.3 Å². The van der Waals surface area contributed by atoms with E-state index in [0.717, 1.165) is 55.6 Å². The molecule has 0 atom stereocenters. The van der Waals surface area contributed by atoms with Crippen LogP contribution in [0.25, 0.3) is 0 Å². The number of carboxylic acids is 2. The van der Waals surface area contributed by atoms with Crippen LogP contribution in [0.5, 0.6) is 11.5 Å². The normalized spacial score (nSPS) is 14.5. The fourth-order valence-corrected chi connectivity index (χ4v) is 3.22. The van der Waals surface area contributed by atoms with Crippen LogP contribution >= 0.6 is 11.6 Å². The van der Waals surface area contributed by atoms with Crippen molar-refractivity contribution in [2.45, 2.75) is 13.1 Å². The Morgan fingerprint density at radius 2 is 1.47 bits per heavy atom. The molecule has 1 aliphatic rings. The molecule has 1 saturated heterocycles. The molecule has 3 N–H and O–H groups in total. The molecular weight excluding hydrogens is 412 g/mol. The summed E-state index contributed by atoms with van der Waals surface area (Å²) in [5, 5.41) is 25.6. The number of carbonyl (C=O) groups is 2. The monoisotopic (exact) mass is 436 g/mol. The van der Waals surface area contributed by atoms with E-state index in [2.05, 4.69) is 15.9 Å². The number of aliphatic carboxylic acids is 2. The fraction of sp³-hybridized carbons (Fsp3) is 0.333.